The quantitative estimate of drug-likeness (QED) is 0.774. The van der Waals surface area contributed by atoms with Crippen LogP contribution >= 0.6 is 11.3 Å². The van der Waals surface area contributed by atoms with Gasteiger partial charge in [0.15, 0.2) is 0 Å². The normalized spacial score (nSPS) is 14.7. The van der Waals surface area contributed by atoms with Gasteiger partial charge in [0.2, 0.25) is 5.91 Å². The molecule has 2 N–H and O–H groups in total. The number of aryl methyl sites for hydroxylation is 1. The number of thiophene rings is 1. The molecule has 1 heterocycles. The third-order valence-electron chi connectivity index (χ3n) is 4.63. The molecule has 126 valence electrons. The van der Waals surface area contributed by atoms with E-state index >= 15 is 0 Å². The summed E-state index contributed by atoms with van der Waals surface area (Å²) in [7, 11) is 0. The van der Waals surface area contributed by atoms with E-state index in [1.54, 1.807) is 11.3 Å². The Balaban J connectivity index is 1.97. The molecule has 0 saturated heterocycles. The first-order valence-electron chi connectivity index (χ1n) is 8.56. The fraction of sp³-hybridized carbons (Fsp3) is 0.667. The lowest BCUT2D eigenvalue weighted by Gasteiger charge is -2.24. The van der Waals surface area contributed by atoms with Crippen LogP contribution in [0.4, 0.5) is 5.00 Å². The number of carbonyl (C=O) groups excluding carboxylic acids is 1. The summed E-state index contributed by atoms with van der Waals surface area (Å²) in [6.45, 7) is 7.05. The van der Waals surface area contributed by atoms with Crippen LogP contribution in [0.15, 0.2) is 0 Å². The highest BCUT2D eigenvalue weighted by atomic mass is 32.1. The smallest absolute Gasteiger partial charge is 0.226 e. The summed E-state index contributed by atoms with van der Waals surface area (Å²) < 4.78 is 0. The summed E-state index contributed by atoms with van der Waals surface area (Å²) in [4.78, 5) is 13.5. The van der Waals surface area contributed by atoms with Crippen molar-refractivity contribution < 1.29 is 4.79 Å². The molecular formula is C18H27N3OS. The van der Waals surface area contributed by atoms with Crippen LogP contribution in [-0.4, -0.2) is 18.0 Å². The van der Waals surface area contributed by atoms with Gasteiger partial charge in [0, 0.05) is 23.4 Å². The maximum atomic E-state index is 12.2. The van der Waals surface area contributed by atoms with Crippen LogP contribution in [-0.2, 0) is 17.6 Å². The van der Waals surface area contributed by atoms with E-state index in [1.807, 2.05) is 0 Å². The molecule has 0 unspecified atom stereocenters. The van der Waals surface area contributed by atoms with Gasteiger partial charge in [-0.05, 0) is 51.5 Å². The van der Waals surface area contributed by atoms with Gasteiger partial charge in [-0.3, -0.25) is 4.79 Å². The highest BCUT2D eigenvalue weighted by Crippen LogP contribution is 2.36. The number of nitriles is 1. The second kappa shape index (κ2) is 7.94. The fourth-order valence-corrected chi connectivity index (χ4v) is 4.03. The van der Waals surface area contributed by atoms with Gasteiger partial charge in [0.25, 0.3) is 0 Å². The highest BCUT2D eigenvalue weighted by molar-refractivity contribution is 7.16. The number of nitrogens with zero attached hydrogens (tertiary/aromatic N) is 1. The Bertz CT molecular complexity index is 598. The third-order valence-corrected chi connectivity index (χ3v) is 5.83. The SMILES string of the molecule is CCC(C)(C)NCCC(=O)Nc1sc2c(c1C#N)CCCCC2. The maximum Gasteiger partial charge on any atom is 0.226 e. The molecule has 0 saturated carbocycles. The van der Waals surface area contributed by atoms with Crippen LogP contribution in [0.1, 0.15) is 68.9 Å². The number of rotatable bonds is 6. The molecule has 0 bridgehead atoms. The molecule has 4 nitrogen and oxygen atoms in total. The number of fused-ring (bicyclic) bond motifs is 1. The summed E-state index contributed by atoms with van der Waals surface area (Å²) >= 11 is 1.60. The van der Waals surface area contributed by atoms with Gasteiger partial charge in [0.1, 0.15) is 11.1 Å². The maximum absolute atomic E-state index is 12.2. The van der Waals surface area contributed by atoms with E-state index in [1.165, 1.54) is 23.3 Å². The Morgan fingerprint density at radius 3 is 2.74 bits per heavy atom. The topological polar surface area (TPSA) is 64.9 Å². The zero-order valence-corrected chi connectivity index (χ0v) is 15.2. The van der Waals surface area contributed by atoms with Crippen molar-refractivity contribution in [3.63, 3.8) is 0 Å². The molecule has 1 aliphatic rings. The van der Waals surface area contributed by atoms with Gasteiger partial charge in [-0.1, -0.05) is 13.3 Å². The summed E-state index contributed by atoms with van der Waals surface area (Å²) in [6.07, 6.45) is 7.01. The van der Waals surface area contributed by atoms with E-state index in [-0.39, 0.29) is 11.4 Å². The summed E-state index contributed by atoms with van der Waals surface area (Å²) in [5.74, 6) is -0.0164. The molecule has 1 aliphatic carbocycles. The number of nitrogens with one attached hydrogen (secondary N) is 2. The Kier molecular flexibility index (Phi) is 6.20. The molecule has 2 rings (SSSR count). The zero-order chi connectivity index (χ0) is 16.9. The molecular weight excluding hydrogens is 306 g/mol. The number of carbonyl (C=O) groups is 1. The van der Waals surface area contributed by atoms with Crippen molar-refractivity contribution >= 4 is 22.2 Å². The summed E-state index contributed by atoms with van der Waals surface area (Å²) in [5, 5.41) is 16.6. The first-order chi connectivity index (χ1) is 11.0. The van der Waals surface area contributed by atoms with Gasteiger partial charge in [-0.15, -0.1) is 11.3 Å². The van der Waals surface area contributed by atoms with Crippen LogP contribution in [0.5, 0.6) is 0 Å². The average molecular weight is 334 g/mol. The van der Waals surface area contributed by atoms with Crippen LogP contribution < -0.4 is 10.6 Å². The van der Waals surface area contributed by atoms with Gasteiger partial charge >= 0.3 is 0 Å². The predicted molar refractivity (Wildman–Crippen MR) is 95.9 cm³/mol. The number of hydrogen-bond donors (Lipinski definition) is 2. The van der Waals surface area contributed by atoms with Crippen LogP contribution in [0.2, 0.25) is 0 Å². The molecule has 0 spiro atoms. The third kappa shape index (κ3) is 4.79. The molecule has 1 aromatic heterocycles. The van der Waals surface area contributed by atoms with Gasteiger partial charge < -0.3 is 10.6 Å². The number of hydrogen-bond acceptors (Lipinski definition) is 4. The molecule has 0 fully saturated rings. The van der Waals surface area contributed by atoms with Crippen molar-refractivity contribution in [2.45, 2.75) is 71.3 Å². The second-order valence-corrected chi connectivity index (χ2v) is 7.95. The summed E-state index contributed by atoms with van der Waals surface area (Å²) in [6, 6.07) is 2.31. The van der Waals surface area contributed by atoms with Crippen molar-refractivity contribution in [1.29, 1.82) is 5.26 Å². The number of amides is 1. The number of anilines is 1. The first kappa shape index (κ1) is 18.0. The molecule has 0 aromatic carbocycles. The van der Waals surface area contributed by atoms with E-state index in [4.69, 9.17) is 0 Å². The van der Waals surface area contributed by atoms with Gasteiger partial charge in [-0.2, -0.15) is 5.26 Å². The molecule has 5 heteroatoms. The minimum absolute atomic E-state index is 0.0164. The standard InChI is InChI=1S/C18H27N3OS/c1-4-18(2,3)20-11-10-16(22)21-17-14(12-19)13-8-6-5-7-9-15(13)23-17/h20H,4-11H2,1-3H3,(H,21,22). The van der Waals surface area contributed by atoms with E-state index in [2.05, 4.69) is 37.5 Å². The van der Waals surface area contributed by atoms with E-state index < -0.39 is 0 Å². The van der Waals surface area contributed by atoms with Crippen LogP contribution in [0.25, 0.3) is 0 Å². The highest BCUT2D eigenvalue weighted by Gasteiger charge is 2.21. The zero-order valence-electron chi connectivity index (χ0n) is 14.4. The Hall–Kier alpha value is -1.38. The molecule has 0 aliphatic heterocycles. The average Bonchev–Trinajstić information content (AvgIpc) is 2.68. The van der Waals surface area contributed by atoms with Gasteiger partial charge in [0.05, 0.1) is 5.56 Å². The lowest BCUT2D eigenvalue weighted by molar-refractivity contribution is -0.116. The van der Waals surface area contributed by atoms with Crippen molar-refractivity contribution in [2.75, 3.05) is 11.9 Å². The molecule has 0 radical (unpaired) electrons. The molecule has 1 amide bonds. The largest absolute Gasteiger partial charge is 0.317 e. The Morgan fingerprint density at radius 2 is 2.04 bits per heavy atom. The first-order valence-corrected chi connectivity index (χ1v) is 9.38. The Morgan fingerprint density at radius 1 is 1.30 bits per heavy atom. The van der Waals surface area contributed by atoms with Crippen molar-refractivity contribution in [1.82, 2.24) is 5.32 Å². The summed E-state index contributed by atoms with van der Waals surface area (Å²) in [5.41, 5.74) is 1.93. The van der Waals surface area contributed by atoms with E-state index in [0.29, 0.717) is 18.5 Å². The van der Waals surface area contributed by atoms with Crippen molar-refractivity contribution in [2.24, 2.45) is 0 Å². The van der Waals surface area contributed by atoms with Crippen LogP contribution in [0, 0.1) is 11.3 Å². The fourth-order valence-electron chi connectivity index (χ4n) is 2.78. The Labute approximate surface area is 143 Å². The van der Waals surface area contributed by atoms with E-state index in [0.717, 1.165) is 30.7 Å². The predicted octanol–water partition coefficient (Wildman–Crippen LogP) is 4.00. The minimum Gasteiger partial charge on any atom is -0.317 e. The molecule has 23 heavy (non-hydrogen) atoms. The van der Waals surface area contributed by atoms with Crippen LogP contribution in [0.3, 0.4) is 0 Å². The lowest BCUT2D eigenvalue weighted by atomic mass is 10.0. The monoisotopic (exact) mass is 333 g/mol. The molecule has 1 aromatic rings. The van der Waals surface area contributed by atoms with Crippen molar-refractivity contribution in [3.8, 4) is 6.07 Å². The van der Waals surface area contributed by atoms with Crippen molar-refractivity contribution in [3.05, 3.63) is 16.0 Å². The second-order valence-electron chi connectivity index (χ2n) is 6.84. The molecule has 0 atom stereocenters. The van der Waals surface area contributed by atoms with Gasteiger partial charge in [-0.25, -0.2) is 0 Å². The lowest BCUT2D eigenvalue weighted by Crippen LogP contribution is -2.40. The van der Waals surface area contributed by atoms with E-state index in [9.17, 15) is 10.1 Å². The minimum atomic E-state index is -0.0164.